The lowest BCUT2D eigenvalue weighted by atomic mass is 10.2. The smallest absolute Gasteiger partial charge is 0.295 e. The molecule has 0 fully saturated rings. The predicted molar refractivity (Wildman–Crippen MR) is 94.4 cm³/mol. The minimum atomic E-state index is -0.642. The molecule has 8 heteroatoms. The minimum Gasteiger partial charge on any atom is -0.377 e. The molecular formula is C19H19F2N3O3. The number of fused-ring (bicyclic) bond motifs is 1. The molecule has 0 saturated heterocycles. The van der Waals surface area contributed by atoms with Crippen molar-refractivity contribution in [1.82, 2.24) is 14.6 Å². The van der Waals surface area contributed by atoms with Crippen molar-refractivity contribution in [3.05, 3.63) is 65.1 Å². The maximum absolute atomic E-state index is 14.0. The van der Waals surface area contributed by atoms with Gasteiger partial charge in [0.05, 0.1) is 24.9 Å². The monoisotopic (exact) mass is 375 g/mol. The zero-order valence-electron chi connectivity index (χ0n) is 14.9. The average Bonchev–Trinajstić information content (AvgIpc) is 2.98. The van der Waals surface area contributed by atoms with Crippen LogP contribution in [0.15, 0.2) is 36.7 Å². The first-order valence-corrected chi connectivity index (χ1v) is 8.37. The SMILES string of the molecule is CCOCc1cn(Cc2ccc(F)cc2F)c2cnc(C(=O)N(C)O)cc12. The van der Waals surface area contributed by atoms with Crippen LogP contribution in [0.1, 0.15) is 28.5 Å². The van der Waals surface area contributed by atoms with E-state index in [4.69, 9.17) is 4.74 Å². The number of carbonyl (C=O) groups is 1. The molecule has 0 atom stereocenters. The van der Waals surface area contributed by atoms with Gasteiger partial charge >= 0.3 is 0 Å². The summed E-state index contributed by atoms with van der Waals surface area (Å²) in [7, 11) is 1.22. The normalized spacial score (nSPS) is 11.1. The Hall–Kier alpha value is -2.84. The van der Waals surface area contributed by atoms with Crippen molar-refractivity contribution >= 4 is 16.8 Å². The Morgan fingerprint density at radius 2 is 2.07 bits per heavy atom. The van der Waals surface area contributed by atoms with E-state index in [1.807, 2.05) is 6.92 Å². The van der Waals surface area contributed by atoms with E-state index in [0.717, 1.165) is 11.6 Å². The molecule has 0 aliphatic carbocycles. The van der Waals surface area contributed by atoms with Crippen LogP contribution >= 0.6 is 0 Å². The van der Waals surface area contributed by atoms with Crippen LogP contribution in [0.25, 0.3) is 10.9 Å². The van der Waals surface area contributed by atoms with Gasteiger partial charge < -0.3 is 9.30 Å². The largest absolute Gasteiger partial charge is 0.377 e. The molecule has 6 nitrogen and oxygen atoms in total. The number of hydrogen-bond acceptors (Lipinski definition) is 4. The van der Waals surface area contributed by atoms with Crippen LogP contribution in [-0.2, 0) is 17.9 Å². The molecule has 0 unspecified atom stereocenters. The number of amides is 1. The molecule has 0 radical (unpaired) electrons. The van der Waals surface area contributed by atoms with Crippen LogP contribution in [0.2, 0.25) is 0 Å². The second-order valence-corrected chi connectivity index (χ2v) is 6.07. The number of rotatable bonds is 6. The molecule has 2 heterocycles. The zero-order valence-corrected chi connectivity index (χ0v) is 14.9. The molecule has 0 aliphatic rings. The summed E-state index contributed by atoms with van der Waals surface area (Å²) in [5.41, 5.74) is 1.87. The van der Waals surface area contributed by atoms with E-state index in [1.165, 1.54) is 25.4 Å². The van der Waals surface area contributed by atoms with Crippen LogP contribution in [-0.4, -0.2) is 39.4 Å². The second-order valence-electron chi connectivity index (χ2n) is 6.07. The summed E-state index contributed by atoms with van der Waals surface area (Å²) in [6.07, 6.45) is 3.28. The molecule has 1 aromatic carbocycles. The van der Waals surface area contributed by atoms with Crippen molar-refractivity contribution in [2.24, 2.45) is 0 Å². The van der Waals surface area contributed by atoms with E-state index in [1.54, 1.807) is 16.8 Å². The van der Waals surface area contributed by atoms with Crippen molar-refractivity contribution in [3.8, 4) is 0 Å². The van der Waals surface area contributed by atoms with E-state index >= 15 is 0 Å². The number of benzene rings is 1. The highest BCUT2D eigenvalue weighted by Crippen LogP contribution is 2.24. The molecule has 3 aromatic rings. The summed E-state index contributed by atoms with van der Waals surface area (Å²) in [6, 6.07) is 5.01. The minimum absolute atomic E-state index is 0.0796. The third kappa shape index (κ3) is 3.96. The van der Waals surface area contributed by atoms with Gasteiger partial charge in [0.25, 0.3) is 5.91 Å². The Labute approximate surface area is 154 Å². The molecule has 0 saturated carbocycles. The number of carbonyl (C=O) groups excluding carboxylic acids is 1. The third-order valence-electron chi connectivity index (χ3n) is 4.18. The van der Waals surface area contributed by atoms with Gasteiger partial charge in [-0.05, 0) is 19.1 Å². The van der Waals surface area contributed by atoms with E-state index in [9.17, 15) is 18.8 Å². The fourth-order valence-electron chi connectivity index (χ4n) is 2.84. The van der Waals surface area contributed by atoms with Crippen LogP contribution in [0, 0.1) is 11.6 Å². The van der Waals surface area contributed by atoms with Crippen LogP contribution < -0.4 is 0 Å². The summed E-state index contributed by atoms with van der Waals surface area (Å²) >= 11 is 0. The summed E-state index contributed by atoms with van der Waals surface area (Å²) in [5.74, 6) is -1.91. The highest BCUT2D eigenvalue weighted by atomic mass is 19.1. The summed E-state index contributed by atoms with van der Waals surface area (Å²) < 4.78 is 34.4. The number of ether oxygens (including phenoxy) is 1. The predicted octanol–water partition coefficient (Wildman–Crippen LogP) is 3.36. The summed E-state index contributed by atoms with van der Waals surface area (Å²) in [6.45, 7) is 2.85. The number of halogens is 2. The quantitative estimate of drug-likeness (QED) is 0.530. The molecule has 0 aliphatic heterocycles. The molecule has 27 heavy (non-hydrogen) atoms. The van der Waals surface area contributed by atoms with Gasteiger partial charge in [-0.3, -0.25) is 10.0 Å². The summed E-state index contributed by atoms with van der Waals surface area (Å²) in [4.78, 5) is 16.1. The molecule has 2 aromatic heterocycles. The fraction of sp³-hybridized carbons (Fsp3) is 0.263. The molecule has 1 amide bonds. The Balaban J connectivity index is 2.05. The van der Waals surface area contributed by atoms with Gasteiger partial charge in [-0.1, -0.05) is 6.07 Å². The molecule has 3 rings (SSSR count). The Morgan fingerprint density at radius 1 is 1.30 bits per heavy atom. The van der Waals surface area contributed by atoms with E-state index in [2.05, 4.69) is 4.98 Å². The number of aromatic nitrogens is 2. The van der Waals surface area contributed by atoms with Crippen molar-refractivity contribution < 1.29 is 23.5 Å². The Kier molecular flexibility index (Phi) is 5.48. The summed E-state index contributed by atoms with van der Waals surface area (Å²) in [5, 5.41) is 10.5. The lowest BCUT2D eigenvalue weighted by molar-refractivity contribution is -0.0379. The first-order chi connectivity index (χ1) is 12.9. The maximum Gasteiger partial charge on any atom is 0.295 e. The lowest BCUT2D eigenvalue weighted by Gasteiger charge is -2.09. The Morgan fingerprint density at radius 3 is 2.74 bits per heavy atom. The average molecular weight is 375 g/mol. The Bertz CT molecular complexity index is 986. The van der Waals surface area contributed by atoms with Gasteiger partial charge in [-0.2, -0.15) is 0 Å². The molecule has 0 bridgehead atoms. The van der Waals surface area contributed by atoms with Crippen molar-refractivity contribution in [2.75, 3.05) is 13.7 Å². The second kappa shape index (κ2) is 7.81. The molecule has 0 spiro atoms. The fourth-order valence-corrected chi connectivity index (χ4v) is 2.84. The first-order valence-electron chi connectivity index (χ1n) is 8.37. The number of pyridine rings is 1. The highest BCUT2D eigenvalue weighted by Gasteiger charge is 2.17. The zero-order chi connectivity index (χ0) is 19.6. The van der Waals surface area contributed by atoms with Crippen molar-refractivity contribution in [2.45, 2.75) is 20.1 Å². The highest BCUT2D eigenvalue weighted by molar-refractivity contribution is 5.96. The van der Waals surface area contributed by atoms with E-state index in [-0.39, 0.29) is 12.2 Å². The van der Waals surface area contributed by atoms with Gasteiger partial charge in [-0.15, -0.1) is 0 Å². The molecule has 142 valence electrons. The van der Waals surface area contributed by atoms with Gasteiger partial charge in [0.2, 0.25) is 0 Å². The topological polar surface area (TPSA) is 67.6 Å². The van der Waals surface area contributed by atoms with Gasteiger partial charge in [0.15, 0.2) is 0 Å². The van der Waals surface area contributed by atoms with Crippen molar-refractivity contribution in [1.29, 1.82) is 0 Å². The number of hydrogen-bond donors (Lipinski definition) is 1. The van der Waals surface area contributed by atoms with Crippen LogP contribution in [0.4, 0.5) is 8.78 Å². The van der Waals surface area contributed by atoms with Crippen molar-refractivity contribution in [3.63, 3.8) is 0 Å². The van der Waals surface area contributed by atoms with Crippen LogP contribution in [0.5, 0.6) is 0 Å². The number of hydroxylamine groups is 2. The standard InChI is InChI=1S/C19H19F2N3O3/c1-3-27-11-13-10-24(9-12-4-5-14(20)6-16(12)21)18-8-22-17(7-15(13)18)19(25)23(2)26/h4-8,10,26H,3,9,11H2,1-2H3. The first kappa shape index (κ1) is 18.9. The molecular weight excluding hydrogens is 356 g/mol. The van der Waals surface area contributed by atoms with Gasteiger partial charge in [0, 0.05) is 42.4 Å². The maximum atomic E-state index is 14.0. The van der Waals surface area contributed by atoms with E-state index in [0.29, 0.717) is 34.7 Å². The van der Waals surface area contributed by atoms with E-state index < -0.39 is 17.5 Å². The number of nitrogens with zero attached hydrogens (tertiary/aromatic N) is 3. The third-order valence-corrected chi connectivity index (χ3v) is 4.18. The lowest BCUT2D eigenvalue weighted by Crippen LogP contribution is -2.23. The van der Waals surface area contributed by atoms with Crippen LogP contribution in [0.3, 0.4) is 0 Å². The van der Waals surface area contributed by atoms with Gasteiger partial charge in [-0.25, -0.2) is 18.8 Å². The molecule has 1 N–H and O–H groups in total. The van der Waals surface area contributed by atoms with Gasteiger partial charge in [0.1, 0.15) is 17.3 Å².